The molecule has 3 heteroatoms. The zero-order valence-electron chi connectivity index (χ0n) is 9.37. The SMILES string of the molecule is COc1cc(C2OCCO2)c(C)cc1C. The molecule has 1 heterocycles. The molecule has 0 atom stereocenters. The van der Waals surface area contributed by atoms with Crippen molar-refractivity contribution in [1.29, 1.82) is 0 Å². The van der Waals surface area contributed by atoms with Crippen LogP contribution >= 0.6 is 0 Å². The van der Waals surface area contributed by atoms with Gasteiger partial charge in [0.15, 0.2) is 6.29 Å². The van der Waals surface area contributed by atoms with Gasteiger partial charge >= 0.3 is 0 Å². The van der Waals surface area contributed by atoms with Gasteiger partial charge in [-0.1, -0.05) is 6.07 Å². The van der Waals surface area contributed by atoms with Crippen LogP contribution in [-0.4, -0.2) is 20.3 Å². The topological polar surface area (TPSA) is 27.7 Å². The fraction of sp³-hybridized carbons (Fsp3) is 0.500. The highest BCUT2D eigenvalue weighted by Gasteiger charge is 2.21. The van der Waals surface area contributed by atoms with Crippen molar-refractivity contribution in [3.63, 3.8) is 0 Å². The minimum atomic E-state index is -0.223. The number of rotatable bonds is 2. The van der Waals surface area contributed by atoms with Gasteiger partial charge in [-0.15, -0.1) is 0 Å². The molecule has 1 fully saturated rings. The van der Waals surface area contributed by atoms with E-state index in [2.05, 4.69) is 13.0 Å². The van der Waals surface area contributed by atoms with Crippen LogP contribution in [-0.2, 0) is 9.47 Å². The number of hydrogen-bond acceptors (Lipinski definition) is 3. The third-order valence-electron chi connectivity index (χ3n) is 2.66. The van der Waals surface area contributed by atoms with Gasteiger partial charge in [-0.25, -0.2) is 0 Å². The Hall–Kier alpha value is -1.06. The molecular weight excluding hydrogens is 192 g/mol. The van der Waals surface area contributed by atoms with Crippen molar-refractivity contribution >= 4 is 0 Å². The number of ether oxygens (including phenoxy) is 3. The van der Waals surface area contributed by atoms with Crippen LogP contribution in [0.3, 0.4) is 0 Å². The second kappa shape index (κ2) is 4.21. The van der Waals surface area contributed by atoms with E-state index in [9.17, 15) is 0 Å². The van der Waals surface area contributed by atoms with Gasteiger partial charge in [0, 0.05) is 5.56 Å². The summed E-state index contributed by atoms with van der Waals surface area (Å²) < 4.78 is 16.3. The first-order chi connectivity index (χ1) is 7.22. The van der Waals surface area contributed by atoms with E-state index in [0.29, 0.717) is 13.2 Å². The quantitative estimate of drug-likeness (QED) is 0.746. The van der Waals surface area contributed by atoms with Crippen LogP contribution in [0.5, 0.6) is 5.75 Å². The largest absolute Gasteiger partial charge is 0.496 e. The lowest BCUT2D eigenvalue weighted by Crippen LogP contribution is -2.02. The molecule has 2 rings (SSSR count). The number of aryl methyl sites for hydroxylation is 2. The predicted octanol–water partition coefficient (Wildman–Crippen LogP) is 2.36. The summed E-state index contributed by atoms with van der Waals surface area (Å²) in [5.41, 5.74) is 3.38. The molecule has 1 aromatic rings. The molecule has 15 heavy (non-hydrogen) atoms. The van der Waals surface area contributed by atoms with E-state index in [1.165, 1.54) is 5.56 Å². The average molecular weight is 208 g/mol. The van der Waals surface area contributed by atoms with Crippen molar-refractivity contribution in [3.05, 3.63) is 28.8 Å². The van der Waals surface area contributed by atoms with Gasteiger partial charge in [0.25, 0.3) is 0 Å². The minimum Gasteiger partial charge on any atom is -0.496 e. The smallest absolute Gasteiger partial charge is 0.184 e. The Bertz CT molecular complexity index is 354. The summed E-state index contributed by atoms with van der Waals surface area (Å²) in [7, 11) is 1.68. The second-order valence-corrected chi connectivity index (χ2v) is 3.75. The molecule has 1 saturated heterocycles. The average Bonchev–Trinajstić information content (AvgIpc) is 2.71. The Balaban J connectivity index is 2.37. The highest BCUT2D eigenvalue weighted by molar-refractivity contribution is 5.42. The fourth-order valence-electron chi connectivity index (χ4n) is 1.86. The highest BCUT2D eigenvalue weighted by Crippen LogP contribution is 2.31. The molecule has 0 N–H and O–H groups in total. The van der Waals surface area contributed by atoms with Crippen LogP contribution in [0.25, 0.3) is 0 Å². The molecule has 1 aliphatic rings. The molecular formula is C12H16O3. The maximum absolute atomic E-state index is 5.48. The lowest BCUT2D eigenvalue weighted by molar-refractivity contribution is -0.0446. The van der Waals surface area contributed by atoms with Gasteiger partial charge in [-0.3, -0.25) is 0 Å². The van der Waals surface area contributed by atoms with Crippen LogP contribution in [0, 0.1) is 13.8 Å². The van der Waals surface area contributed by atoms with Crippen LogP contribution in [0.15, 0.2) is 12.1 Å². The maximum atomic E-state index is 5.48. The highest BCUT2D eigenvalue weighted by atomic mass is 16.7. The molecule has 82 valence electrons. The first-order valence-corrected chi connectivity index (χ1v) is 5.10. The monoisotopic (exact) mass is 208 g/mol. The third kappa shape index (κ3) is 1.98. The predicted molar refractivity (Wildman–Crippen MR) is 57.1 cm³/mol. The zero-order valence-corrected chi connectivity index (χ0v) is 9.37. The summed E-state index contributed by atoms with van der Waals surface area (Å²) in [5, 5.41) is 0. The van der Waals surface area contributed by atoms with Gasteiger partial charge in [-0.05, 0) is 31.0 Å². The Labute approximate surface area is 90.0 Å². The van der Waals surface area contributed by atoms with E-state index in [-0.39, 0.29) is 6.29 Å². The molecule has 0 aliphatic carbocycles. The van der Waals surface area contributed by atoms with E-state index < -0.39 is 0 Å². The van der Waals surface area contributed by atoms with Crippen LogP contribution < -0.4 is 4.74 Å². The number of methoxy groups -OCH3 is 1. The van der Waals surface area contributed by atoms with Gasteiger partial charge < -0.3 is 14.2 Å². The Morgan fingerprint density at radius 3 is 2.40 bits per heavy atom. The Kier molecular flexibility index (Phi) is 2.93. The van der Waals surface area contributed by atoms with Crippen LogP contribution in [0.1, 0.15) is 23.0 Å². The van der Waals surface area contributed by atoms with Crippen molar-refractivity contribution in [2.24, 2.45) is 0 Å². The van der Waals surface area contributed by atoms with Gasteiger partial charge in [0.05, 0.1) is 20.3 Å². The molecule has 0 bridgehead atoms. The van der Waals surface area contributed by atoms with Crippen molar-refractivity contribution in [2.45, 2.75) is 20.1 Å². The summed E-state index contributed by atoms with van der Waals surface area (Å²) in [6.45, 7) is 5.43. The second-order valence-electron chi connectivity index (χ2n) is 3.75. The van der Waals surface area contributed by atoms with Crippen molar-refractivity contribution in [2.75, 3.05) is 20.3 Å². The van der Waals surface area contributed by atoms with Gasteiger partial charge in [0.1, 0.15) is 5.75 Å². The normalized spacial score (nSPS) is 17.0. The minimum absolute atomic E-state index is 0.223. The summed E-state index contributed by atoms with van der Waals surface area (Å²) in [6.07, 6.45) is -0.223. The first-order valence-electron chi connectivity index (χ1n) is 5.10. The summed E-state index contributed by atoms with van der Waals surface area (Å²) in [6, 6.07) is 4.10. The van der Waals surface area contributed by atoms with Crippen molar-refractivity contribution in [3.8, 4) is 5.75 Å². The zero-order chi connectivity index (χ0) is 10.8. The lowest BCUT2D eigenvalue weighted by Gasteiger charge is -2.15. The summed E-state index contributed by atoms with van der Waals surface area (Å²) >= 11 is 0. The van der Waals surface area contributed by atoms with Crippen molar-refractivity contribution in [1.82, 2.24) is 0 Å². The van der Waals surface area contributed by atoms with Crippen LogP contribution in [0.4, 0.5) is 0 Å². The Morgan fingerprint density at radius 1 is 1.13 bits per heavy atom. The van der Waals surface area contributed by atoms with Gasteiger partial charge in [-0.2, -0.15) is 0 Å². The fourth-order valence-corrected chi connectivity index (χ4v) is 1.86. The van der Waals surface area contributed by atoms with Crippen molar-refractivity contribution < 1.29 is 14.2 Å². The van der Waals surface area contributed by atoms with E-state index in [0.717, 1.165) is 16.9 Å². The summed E-state index contributed by atoms with van der Waals surface area (Å²) in [5.74, 6) is 0.884. The molecule has 0 saturated carbocycles. The van der Waals surface area contributed by atoms with Crippen LogP contribution in [0.2, 0.25) is 0 Å². The lowest BCUT2D eigenvalue weighted by atomic mass is 10.0. The molecule has 0 amide bonds. The molecule has 0 spiro atoms. The van der Waals surface area contributed by atoms with E-state index >= 15 is 0 Å². The Morgan fingerprint density at radius 2 is 1.80 bits per heavy atom. The molecule has 0 aromatic heterocycles. The molecule has 1 aliphatic heterocycles. The number of benzene rings is 1. The molecule has 0 radical (unpaired) electrons. The van der Waals surface area contributed by atoms with E-state index in [4.69, 9.17) is 14.2 Å². The molecule has 0 unspecified atom stereocenters. The molecule has 3 nitrogen and oxygen atoms in total. The standard InChI is InChI=1S/C12H16O3/c1-8-6-9(2)11(13-3)7-10(8)12-14-4-5-15-12/h6-7,12H,4-5H2,1-3H3. The summed E-state index contributed by atoms with van der Waals surface area (Å²) in [4.78, 5) is 0. The third-order valence-corrected chi connectivity index (χ3v) is 2.66. The van der Waals surface area contributed by atoms with E-state index in [1.54, 1.807) is 7.11 Å². The van der Waals surface area contributed by atoms with E-state index in [1.807, 2.05) is 13.0 Å². The molecule has 1 aromatic carbocycles. The van der Waals surface area contributed by atoms with Gasteiger partial charge in [0.2, 0.25) is 0 Å². The maximum Gasteiger partial charge on any atom is 0.184 e. The number of hydrogen-bond donors (Lipinski definition) is 0. The first kappa shape index (κ1) is 10.5.